The molecule has 1 aromatic rings. The van der Waals surface area contributed by atoms with Gasteiger partial charge in [-0.15, -0.1) is 0 Å². The van der Waals surface area contributed by atoms with E-state index in [9.17, 15) is 5.11 Å². The normalized spacial score (nSPS) is 32.3. The number of nitrogens with one attached hydrogen (secondary N) is 1. The predicted molar refractivity (Wildman–Crippen MR) is 64.2 cm³/mol. The molecule has 0 spiro atoms. The Bertz CT molecular complexity index is 364. The maximum Gasteiger partial charge on any atom is 0.0870 e. The Labute approximate surface area is 96.7 Å². The molecule has 1 saturated heterocycles. The van der Waals surface area contributed by atoms with Crippen LogP contribution in [-0.4, -0.2) is 17.3 Å². The van der Waals surface area contributed by atoms with Crippen LogP contribution in [0.15, 0.2) is 30.3 Å². The lowest BCUT2D eigenvalue weighted by molar-refractivity contribution is -0.0841. The van der Waals surface area contributed by atoms with Gasteiger partial charge in [-0.3, -0.25) is 0 Å². The van der Waals surface area contributed by atoms with Gasteiger partial charge in [-0.25, -0.2) is 0 Å². The molecule has 2 aliphatic rings. The van der Waals surface area contributed by atoms with E-state index in [2.05, 4.69) is 29.6 Å². The van der Waals surface area contributed by atoms with Crippen LogP contribution < -0.4 is 5.32 Å². The Morgan fingerprint density at radius 3 is 2.12 bits per heavy atom. The predicted octanol–water partition coefficient (Wildman–Crippen LogP) is 2.18. The number of rotatable bonds is 2. The van der Waals surface area contributed by atoms with Gasteiger partial charge in [0.2, 0.25) is 0 Å². The zero-order valence-electron chi connectivity index (χ0n) is 9.58. The van der Waals surface area contributed by atoms with E-state index in [4.69, 9.17) is 0 Å². The van der Waals surface area contributed by atoms with Gasteiger partial charge < -0.3 is 10.4 Å². The maximum atomic E-state index is 10.9. The summed E-state index contributed by atoms with van der Waals surface area (Å²) in [5, 5.41) is 14.4. The van der Waals surface area contributed by atoms with Crippen molar-refractivity contribution in [3.63, 3.8) is 0 Å². The van der Waals surface area contributed by atoms with E-state index in [0.717, 1.165) is 38.6 Å². The highest BCUT2D eigenvalue weighted by Gasteiger charge is 2.55. The van der Waals surface area contributed by atoms with Gasteiger partial charge in [0.05, 0.1) is 11.1 Å². The third-order valence-corrected chi connectivity index (χ3v) is 4.42. The number of aliphatic hydroxyl groups is 1. The van der Waals surface area contributed by atoms with Gasteiger partial charge >= 0.3 is 0 Å². The molecule has 0 amide bonds. The first kappa shape index (κ1) is 10.3. The van der Waals surface area contributed by atoms with E-state index >= 15 is 0 Å². The summed E-state index contributed by atoms with van der Waals surface area (Å²) in [6, 6.07) is 10.4. The van der Waals surface area contributed by atoms with E-state index in [-0.39, 0.29) is 5.54 Å². The molecule has 0 unspecified atom stereocenters. The largest absolute Gasteiger partial charge is 0.388 e. The van der Waals surface area contributed by atoms with Crippen molar-refractivity contribution in [3.05, 3.63) is 35.9 Å². The molecule has 3 rings (SSSR count). The second kappa shape index (κ2) is 3.57. The fraction of sp³-hybridized carbons (Fsp3) is 0.571. The lowest BCUT2D eigenvalue weighted by atomic mass is 9.67. The Morgan fingerprint density at radius 1 is 1.00 bits per heavy atom. The van der Waals surface area contributed by atoms with Crippen molar-refractivity contribution in [2.24, 2.45) is 0 Å². The lowest BCUT2D eigenvalue weighted by Gasteiger charge is -2.53. The van der Waals surface area contributed by atoms with Crippen LogP contribution in [-0.2, 0) is 5.54 Å². The van der Waals surface area contributed by atoms with Crippen molar-refractivity contribution in [1.82, 2.24) is 5.32 Å². The van der Waals surface area contributed by atoms with Crippen LogP contribution in [0.1, 0.15) is 37.7 Å². The summed E-state index contributed by atoms with van der Waals surface area (Å²) in [7, 11) is 0. The van der Waals surface area contributed by atoms with Gasteiger partial charge in [0, 0.05) is 0 Å². The second-order valence-corrected chi connectivity index (χ2v) is 5.19. The molecule has 2 nitrogen and oxygen atoms in total. The number of benzene rings is 1. The zero-order chi connectivity index (χ0) is 11.1. The summed E-state index contributed by atoms with van der Waals surface area (Å²) in [4.78, 5) is 0. The van der Waals surface area contributed by atoms with Gasteiger partial charge in [-0.1, -0.05) is 43.2 Å². The minimum atomic E-state index is -0.521. The van der Waals surface area contributed by atoms with Crippen molar-refractivity contribution >= 4 is 0 Å². The van der Waals surface area contributed by atoms with Gasteiger partial charge in [-0.05, 0) is 31.4 Å². The van der Waals surface area contributed by atoms with Crippen molar-refractivity contribution in [2.45, 2.75) is 43.2 Å². The Hall–Kier alpha value is -0.860. The molecular weight excluding hydrogens is 198 g/mol. The summed E-state index contributed by atoms with van der Waals surface area (Å²) in [6.45, 7) is 1.03. The Morgan fingerprint density at radius 2 is 1.62 bits per heavy atom. The van der Waals surface area contributed by atoms with Crippen molar-refractivity contribution in [2.75, 3.05) is 6.54 Å². The van der Waals surface area contributed by atoms with Crippen LogP contribution >= 0.6 is 0 Å². The van der Waals surface area contributed by atoms with Crippen LogP contribution in [0.3, 0.4) is 0 Å². The third-order valence-electron chi connectivity index (χ3n) is 4.42. The summed E-state index contributed by atoms with van der Waals surface area (Å²) in [5.74, 6) is 0. The lowest BCUT2D eigenvalue weighted by Crippen LogP contribution is -2.67. The van der Waals surface area contributed by atoms with E-state index in [0.29, 0.717) is 0 Å². The first-order valence-electron chi connectivity index (χ1n) is 6.30. The molecule has 2 fully saturated rings. The first-order chi connectivity index (χ1) is 7.77. The molecule has 1 aliphatic heterocycles. The topological polar surface area (TPSA) is 32.3 Å². The average molecular weight is 217 g/mol. The highest BCUT2D eigenvalue weighted by atomic mass is 16.3. The second-order valence-electron chi connectivity index (χ2n) is 5.19. The molecule has 0 radical (unpaired) electrons. The monoisotopic (exact) mass is 217 g/mol. The number of hydrogen-bond acceptors (Lipinski definition) is 2. The summed E-state index contributed by atoms with van der Waals surface area (Å²) in [6.07, 6.45) is 5.26. The number of hydrogen-bond donors (Lipinski definition) is 2. The molecule has 86 valence electrons. The molecule has 0 bridgehead atoms. The molecular formula is C14H19NO. The smallest absolute Gasteiger partial charge is 0.0870 e. The van der Waals surface area contributed by atoms with Gasteiger partial charge in [0.25, 0.3) is 0 Å². The SMILES string of the molecule is OC1([C@@]2(c3ccccc3)CCN2)CCCC1. The summed E-state index contributed by atoms with van der Waals surface area (Å²) >= 11 is 0. The molecule has 2 heteroatoms. The minimum Gasteiger partial charge on any atom is -0.388 e. The van der Waals surface area contributed by atoms with Crippen LogP contribution in [0.5, 0.6) is 0 Å². The molecule has 0 aromatic heterocycles. The van der Waals surface area contributed by atoms with Crippen molar-refractivity contribution < 1.29 is 5.11 Å². The molecule has 2 N–H and O–H groups in total. The molecule has 1 aromatic carbocycles. The van der Waals surface area contributed by atoms with Crippen LogP contribution in [0.4, 0.5) is 0 Å². The Kier molecular flexibility index (Phi) is 2.30. The summed E-state index contributed by atoms with van der Waals surface area (Å²) < 4.78 is 0. The molecule has 16 heavy (non-hydrogen) atoms. The van der Waals surface area contributed by atoms with Crippen LogP contribution in [0, 0.1) is 0 Å². The van der Waals surface area contributed by atoms with Crippen molar-refractivity contribution in [1.29, 1.82) is 0 Å². The van der Waals surface area contributed by atoms with E-state index in [1.807, 2.05) is 6.07 Å². The molecule has 1 atom stereocenters. The van der Waals surface area contributed by atoms with Crippen molar-refractivity contribution in [3.8, 4) is 0 Å². The average Bonchev–Trinajstić information content (AvgIpc) is 2.66. The van der Waals surface area contributed by atoms with Gasteiger partial charge in [0.15, 0.2) is 0 Å². The maximum absolute atomic E-state index is 10.9. The minimum absolute atomic E-state index is 0.162. The molecule has 1 saturated carbocycles. The first-order valence-corrected chi connectivity index (χ1v) is 6.30. The van der Waals surface area contributed by atoms with Gasteiger partial charge in [0.1, 0.15) is 0 Å². The fourth-order valence-electron chi connectivity index (χ4n) is 3.40. The van der Waals surface area contributed by atoms with E-state index in [1.54, 1.807) is 0 Å². The quantitative estimate of drug-likeness (QED) is 0.796. The fourth-order valence-corrected chi connectivity index (χ4v) is 3.40. The van der Waals surface area contributed by atoms with Crippen LogP contribution in [0.25, 0.3) is 0 Å². The highest BCUT2D eigenvalue weighted by molar-refractivity contribution is 5.32. The zero-order valence-corrected chi connectivity index (χ0v) is 9.58. The molecule has 1 heterocycles. The standard InChI is InChI=1S/C14H19NO/c16-13(8-4-5-9-13)14(10-11-15-14)12-6-2-1-3-7-12/h1-3,6-7,15-16H,4-5,8-11H2/t14-/m0/s1. The van der Waals surface area contributed by atoms with E-state index < -0.39 is 5.60 Å². The summed E-state index contributed by atoms with van der Waals surface area (Å²) in [5.41, 5.74) is 0.572. The Balaban J connectivity index is 2.00. The van der Waals surface area contributed by atoms with Crippen LogP contribution in [0.2, 0.25) is 0 Å². The van der Waals surface area contributed by atoms with E-state index in [1.165, 1.54) is 5.56 Å². The van der Waals surface area contributed by atoms with Gasteiger partial charge in [-0.2, -0.15) is 0 Å². The highest BCUT2D eigenvalue weighted by Crippen LogP contribution is 2.49. The molecule has 1 aliphatic carbocycles. The third kappa shape index (κ3) is 1.26.